The molecule has 32 heavy (non-hydrogen) atoms. The van der Waals surface area contributed by atoms with E-state index in [1.165, 1.54) is 32.1 Å². The topological polar surface area (TPSA) is 107 Å². The Morgan fingerprint density at radius 3 is 1.94 bits per heavy atom. The van der Waals surface area contributed by atoms with Gasteiger partial charge < -0.3 is 39.0 Å². The highest BCUT2D eigenvalue weighted by molar-refractivity contribution is 4.88. The molecule has 1 fully saturated rings. The minimum absolute atomic E-state index is 0.207. The quantitative estimate of drug-likeness (QED) is 0.250. The summed E-state index contributed by atoms with van der Waals surface area (Å²) < 4.78 is 27.6. The van der Waals surface area contributed by atoms with E-state index in [2.05, 4.69) is 20.8 Å². The molecule has 7 atom stereocenters. The third-order valence-electron chi connectivity index (χ3n) is 5.93. The Balaban J connectivity index is 1.93. The third kappa shape index (κ3) is 12.2. The van der Waals surface area contributed by atoms with Gasteiger partial charge in [0.1, 0.15) is 18.3 Å². The Morgan fingerprint density at radius 2 is 1.31 bits per heavy atom. The first-order valence-electron chi connectivity index (χ1n) is 12.4. The molecule has 0 spiro atoms. The Bertz CT molecular complexity index is 436. The summed E-state index contributed by atoms with van der Waals surface area (Å²) in [4.78, 5) is 0. The minimum atomic E-state index is -1.29. The Labute approximate surface area is 194 Å². The van der Waals surface area contributed by atoms with Gasteiger partial charge in [-0.05, 0) is 24.7 Å². The number of ether oxygens (including phenoxy) is 5. The molecular weight excluding hydrogens is 416 g/mol. The van der Waals surface area contributed by atoms with Gasteiger partial charge in [0.05, 0.1) is 45.7 Å². The lowest BCUT2D eigenvalue weighted by molar-refractivity contribution is -0.298. The number of hydrogen-bond acceptors (Lipinski definition) is 8. The largest absolute Gasteiger partial charge is 0.388 e. The molecular formula is C24H48O8. The van der Waals surface area contributed by atoms with Crippen LogP contribution in [0.25, 0.3) is 0 Å². The van der Waals surface area contributed by atoms with E-state index < -0.39 is 30.7 Å². The lowest BCUT2D eigenvalue weighted by Crippen LogP contribution is -2.58. The van der Waals surface area contributed by atoms with Crippen LogP contribution in [0.5, 0.6) is 0 Å². The molecule has 0 amide bonds. The molecule has 1 saturated heterocycles. The van der Waals surface area contributed by atoms with E-state index in [9.17, 15) is 15.3 Å². The minimum Gasteiger partial charge on any atom is -0.388 e. The van der Waals surface area contributed by atoms with Crippen molar-refractivity contribution in [3.8, 4) is 0 Å². The zero-order chi connectivity index (χ0) is 23.8. The van der Waals surface area contributed by atoms with Crippen LogP contribution >= 0.6 is 0 Å². The SMILES string of the molecule is CCCCC(C)CCC(C)COCCOCCOCCOC1OC(CC)C(O)C(O)C1O. The molecule has 0 radical (unpaired) electrons. The summed E-state index contributed by atoms with van der Waals surface area (Å²) in [6, 6.07) is 0. The van der Waals surface area contributed by atoms with Crippen molar-refractivity contribution in [2.24, 2.45) is 11.8 Å². The number of aliphatic hydroxyl groups is 3. The fraction of sp³-hybridized carbons (Fsp3) is 1.00. The molecule has 1 rings (SSSR count). The zero-order valence-electron chi connectivity index (χ0n) is 20.6. The van der Waals surface area contributed by atoms with E-state index >= 15 is 0 Å². The molecule has 0 aliphatic carbocycles. The van der Waals surface area contributed by atoms with Crippen LogP contribution in [0.4, 0.5) is 0 Å². The molecule has 8 nitrogen and oxygen atoms in total. The molecule has 7 unspecified atom stereocenters. The van der Waals surface area contributed by atoms with Crippen LogP contribution < -0.4 is 0 Å². The molecule has 1 aliphatic rings. The smallest absolute Gasteiger partial charge is 0.186 e. The lowest BCUT2D eigenvalue weighted by Gasteiger charge is -2.40. The number of hydrogen-bond donors (Lipinski definition) is 3. The molecule has 1 aliphatic heterocycles. The van der Waals surface area contributed by atoms with Gasteiger partial charge in [0, 0.05) is 6.61 Å². The fourth-order valence-corrected chi connectivity index (χ4v) is 3.69. The molecule has 0 aromatic heterocycles. The van der Waals surface area contributed by atoms with E-state index in [0.717, 1.165) is 12.5 Å². The van der Waals surface area contributed by atoms with Gasteiger partial charge in [0.2, 0.25) is 0 Å². The van der Waals surface area contributed by atoms with Crippen LogP contribution in [0.15, 0.2) is 0 Å². The van der Waals surface area contributed by atoms with Crippen LogP contribution in [0.2, 0.25) is 0 Å². The molecule has 0 aromatic rings. The van der Waals surface area contributed by atoms with Crippen molar-refractivity contribution in [2.75, 3.05) is 46.2 Å². The average molecular weight is 465 g/mol. The fourth-order valence-electron chi connectivity index (χ4n) is 3.69. The maximum atomic E-state index is 9.95. The molecule has 1 heterocycles. The van der Waals surface area contributed by atoms with Gasteiger partial charge in [-0.2, -0.15) is 0 Å². The molecule has 8 heteroatoms. The Hall–Kier alpha value is -0.320. The second-order valence-corrected chi connectivity index (χ2v) is 9.02. The van der Waals surface area contributed by atoms with E-state index in [1.54, 1.807) is 0 Å². The normalized spacial score (nSPS) is 28.0. The summed E-state index contributed by atoms with van der Waals surface area (Å²) in [5.74, 6) is 1.38. The summed E-state index contributed by atoms with van der Waals surface area (Å²) in [5.41, 5.74) is 0. The van der Waals surface area contributed by atoms with Crippen LogP contribution in [0.1, 0.15) is 66.2 Å². The standard InChI is InChI=1S/C24H48O8/c1-5-7-8-18(3)9-10-19(4)17-30-14-13-28-11-12-29-15-16-31-24-23(27)22(26)21(25)20(6-2)32-24/h18-27H,5-17H2,1-4H3. The first kappa shape index (κ1) is 29.7. The predicted molar refractivity (Wildman–Crippen MR) is 122 cm³/mol. The first-order valence-corrected chi connectivity index (χ1v) is 12.4. The van der Waals surface area contributed by atoms with Crippen LogP contribution in [0.3, 0.4) is 0 Å². The van der Waals surface area contributed by atoms with Gasteiger partial charge in [-0.3, -0.25) is 0 Å². The Morgan fingerprint density at radius 1 is 0.719 bits per heavy atom. The van der Waals surface area contributed by atoms with Gasteiger partial charge in [-0.25, -0.2) is 0 Å². The van der Waals surface area contributed by atoms with E-state index in [-0.39, 0.29) is 6.61 Å². The van der Waals surface area contributed by atoms with Gasteiger partial charge in [-0.15, -0.1) is 0 Å². The number of rotatable bonds is 19. The summed E-state index contributed by atoms with van der Waals surface area (Å²) in [5, 5.41) is 29.7. The molecule has 192 valence electrons. The van der Waals surface area contributed by atoms with Crippen molar-refractivity contribution < 1.29 is 39.0 Å². The van der Waals surface area contributed by atoms with Gasteiger partial charge in [-0.1, -0.05) is 53.4 Å². The van der Waals surface area contributed by atoms with Gasteiger partial charge in [0.15, 0.2) is 6.29 Å². The van der Waals surface area contributed by atoms with Crippen molar-refractivity contribution in [1.29, 1.82) is 0 Å². The highest BCUT2D eigenvalue weighted by Crippen LogP contribution is 2.23. The van der Waals surface area contributed by atoms with E-state index in [0.29, 0.717) is 45.4 Å². The zero-order valence-corrected chi connectivity index (χ0v) is 20.6. The third-order valence-corrected chi connectivity index (χ3v) is 5.93. The lowest BCUT2D eigenvalue weighted by atomic mass is 9.94. The van der Waals surface area contributed by atoms with Crippen LogP contribution in [-0.4, -0.2) is 92.3 Å². The maximum Gasteiger partial charge on any atom is 0.186 e. The van der Waals surface area contributed by atoms with Crippen molar-refractivity contribution in [1.82, 2.24) is 0 Å². The average Bonchev–Trinajstić information content (AvgIpc) is 2.79. The second-order valence-electron chi connectivity index (χ2n) is 9.02. The van der Waals surface area contributed by atoms with Crippen molar-refractivity contribution in [3.05, 3.63) is 0 Å². The predicted octanol–water partition coefficient (Wildman–Crippen LogP) is 2.51. The summed E-state index contributed by atoms with van der Waals surface area (Å²) in [6.45, 7) is 12.0. The van der Waals surface area contributed by atoms with E-state index in [4.69, 9.17) is 23.7 Å². The summed E-state index contributed by atoms with van der Waals surface area (Å²) in [6.07, 6.45) is 1.70. The number of aliphatic hydroxyl groups excluding tert-OH is 3. The van der Waals surface area contributed by atoms with E-state index in [1.807, 2.05) is 6.92 Å². The highest BCUT2D eigenvalue weighted by atomic mass is 16.7. The van der Waals surface area contributed by atoms with Crippen LogP contribution in [-0.2, 0) is 23.7 Å². The number of unbranched alkanes of at least 4 members (excludes halogenated alkanes) is 1. The maximum absolute atomic E-state index is 9.95. The van der Waals surface area contributed by atoms with Crippen molar-refractivity contribution >= 4 is 0 Å². The summed E-state index contributed by atoms with van der Waals surface area (Å²) >= 11 is 0. The summed E-state index contributed by atoms with van der Waals surface area (Å²) in [7, 11) is 0. The van der Waals surface area contributed by atoms with Crippen LogP contribution in [0, 0.1) is 11.8 Å². The second kappa shape index (κ2) is 18.1. The Kier molecular flexibility index (Phi) is 16.8. The molecule has 0 saturated carbocycles. The monoisotopic (exact) mass is 464 g/mol. The molecule has 0 bridgehead atoms. The molecule has 3 N–H and O–H groups in total. The van der Waals surface area contributed by atoms with Crippen molar-refractivity contribution in [2.45, 2.75) is 96.9 Å². The highest BCUT2D eigenvalue weighted by Gasteiger charge is 2.43. The van der Waals surface area contributed by atoms with Gasteiger partial charge >= 0.3 is 0 Å². The van der Waals surface area contributed by atoms with Crippen molar-refractivity contribution in [3.63, 3.8) is 0 Å². The van der Waals surface area contributed by atoms with Gasteiger partial charge in [0.25, 0.3) is 0 Å². The first-order chi connectivity index (χ1) is 15.4. The molecule has 0 aromatic carbocycles.